The predicted octanol–water partition coefficient (Wildman–Crippen LogP) is 7.11. The maximum Gasteiger partial charge on any atom is 0.335 e. The summed E-state index contributed by atoms with van der Waals surface area (Å²) in [5.74, 6) is 0.110. The molecule has 3 aromatic carbocycles. The maximum absolute atomic E-state index is 11.8. The van der Waals surface area contributed by atoms with Gasteiger partial charge in [-0.15, -0.1) is 0 Å². The molecule has 2 unspecified atom stereocenters. The molecular weight excluding hydrogens is 468 g/mol. The van der Waals surface area contributed by atoms with Gasteiger partial charge in [-0.2, -0.15) is 0 Å². The van der Waals surface area contributed by atoms with Crippen molar-refractivity contribution in [1.82, 2.24) is 0 Å². The number of rotatable bonds is 17. The highest BCUT2D eigenvalue weighted by atomic mass is 16.5. The highest BCUT2D eigenvalue weighted by molar-refractivity contribution is 6.12. The first-order chi connectivity index (χ1) is 18.0. The van der Waals surface area contributed by atoms with Crippen LogP contribution in [-0.4, -0.2) is 46.7 Å². The van der Waals surface area contributed by atoms with E-state index < -0.39 is 18.2 Å². The van der Waals surface area contributed by atoms with Gasteiger partial charge in [-0.1, -0.05) is 89.5 Å². The van der Waals surface area contributed by atoms with E-state index >= 15 is 0 Å². The van der Waals surface area contributed by atoms with Crippen LogP contribution in [0.5, 0.6) is 11.5 Å². The largest absolute Gasteiger partial charge is 0.490 e. The Morgan fingerprint density at radius 2 is 1.19 bits per heavy atom. The lowest BCUT2D eigenvalue weighted by molar-refractivity contribution is 0.0697. The zero-order chi connectivity index (χ0) is 26.6. The minimum absolute atomic E-state index is 0.124. The third kappa shape index (κ3) is 8.08. The number of unbranched alkanes of at least 4 members (excludes halogenated alkanes) is 6. The van der Waals surface area contributed by atoms with Gasteiger partial charge >= 0.3 is 5.97 Å². The maximum atomic E-state index is 11.8. The monoisotopic (exact) mass is 510 g/mol. The second kappa shape index (κ2) is 14.8. The van der Waals surface area contributed by atoms with Gasteiger partial charge < -0.3 is 24.8 Å². The van der Waals surface area contributed by atoms with Gasteiger partial charge in [-0.25, -0.2) is 4.79 Å². The predicted molar refractivity (Wildman–Crippen MR) is 149 cm³/mol. The molecule has 0 amide bonds. The van der Waals surface area contributed by atoms with Crippen molar-refractivity contribution < 1.29 is 29.6 Å². The molecule has 3 rings (SSSR count). The van der Waals surface area contributed by atoms with Gasteiger partial charge in [0.25, 0.3) is 0 Å². The molecule has 0 aliphatic carbocycles. The molecule has 6 nitrogen and oxygen atoms in total. The summed E-state index contributed by atoms with van der Waals surface area (Å²) in [6, 6.07) is 12.6. The third-order valence-corrected chi connectivity index (χ3v) is 6.79. The summed E-state index contributed by atoms with van der Waals surface area (Å²) in [4.78, 5) is 11.8. The molecule has 0 aliphatic heterocycles. The van der Waals surface area contributed by atoms with Gasteiger partial charge in [0.1, 0.15) is 24.7 Å². The van der Waals surface area contributed by atoms with Crippen molar-refractivity contribution in [3.05, 3.63) is 48.0 Å². The van der Waals surface area contributed by atoms with E-state index in [2.05, 4.69) is 13.8 Å². The Kier molecular flexibility index (Phi) is 11.5. The van der Waals surface area contributed by atoms with Gasteiger partial charge in [0.2, 0.25) is 0 Å². The van der Waals surface area contributed by atoms with Crippen LogP contribution in [0.4, 0.5) is 0 Å². The summed E-state index contributed by atoms with van der Waals surface area (Å²) in [6.07, 6.45) is 8.81. The van der Waals surface area contributed by atoms with Crippen LogP contribution in [0.25, 0.3) is 21.5 Å². The van der Waals surface area contributed by atoms with Crippen LogP contribution in [-0.2, 0) is 0 Å². The quantitative estimate of drug-likeness (QED) is 0.132. The summed E-state index contributed by atoms with van der Waals surface area (Å²) in [6.45, 7) is 4.60. The van der Waals surface area contributed by atoms with Crippen LogP contribution in [0.3, 0.4) is 0 Å². The van der Waals surface area contributed by atoms with Crippen molar-refractivity contribution in [3.63, 3.8) is 0 Å². The molecule has 0 aromatic heterocycles. The van der Waals surface area contributed by atoms with Crippen LogP contribution in [0.2, 0.25) is 0 Å². The van der Waals surface area contributed by atoms with Crippen molar-refractivity contribution in [2.45, 2.75) is 90.3 Å². The van der Waals surface area contributed by atoms with Gasteiger partial charge in [0, 0.05) is 21.5 Å². The van der Waals surface area contributed by atoms with Crippen molar-refractivity contribution in [1.29, 1.82) is 0 Å². The lowest BCUT2D eigenvalue weighted by Crippen LogP contribution is -2.18. The van der Waals surface area contributed by atoms with Gasteiger partial charge in [-0.05, 0) is 31.0 Å². The fourth-order valence-corrected chi connectivity index (χ4v) is 4.68. The Morgan fingerprint density at radius 3 is 1.68 bits per heavy atom. The first-order valence-corrected chi connectivity index (χ1v) is 13.8. The molecule has 0 aliphatic rings. The Labute approximate surface area is 220 Å². The molecule has 0 spiro atoms. The first-order valence-electron chi connectivity index (χ1n) is 13.8. The second-order valence-electron chi connectivity index (χ2n) is 9.90. The van der Waals surface area contributed by atoms with E-state index in [0.29, 0.717) is 35.1 Å². The molecule has 37 heavy (non-hydrogen) atoms. The van der Waals surface area contributed by atoms with Crippen LogP contribution >= 0.6 is 0 Å². The molecule has 2 atom stereocenters. The Balaban J connectivity index is 1.92. The van der Waals surface area contributed by atoms with E-state index in [4.69, 9.17) is 9.47 Å². The number of carboxylic acid groups (broad SMARTS) is 1. The summed E-state index contributed by atoms with van der Waals surface area (Å²) >= 11 is 0. The molecule has 0 saturated heterocycles. The minimum atomic E-state index is -1.03. The average Bonchev–Trinajstić information content (AvgIpc) is 2.90. The molecule has 0 heterocycles. The number of ether oxygens (including phenoxy) is 2. The Bertz CT molecular complexity index is 1140. The lowest BCUT2D eigenvalue weighted by atomic mass is 9.98. The molecule has 202 valence electrons. The highest BCUT2D eigenvalue weighted by Crippen LogP contribution is 2.43. The van der Waals surface area contributed by atoms with Crippen LogP contribution in [0, 0.1) is 0 Å². The summed E-state index contributed by atoms with van der Waals surface area (Å²) in [7, 11) is 0. The molecule has 0 fully saturated rings. The number of hydrogen-bond donors (Lipinski definition) is 3. The van der Waals surface area contributed by atoms with Gasteiger partial charge in [0.15, 0.2) is 0 Å². The van der Waals surface area contributed by atoms with E-state index in [9.17, 15) is 20.1 Å². The van der Waals surface area contributed by atoms with Crippen molar-refractivity contribution >= 4 is 27.5 Å². The zero-order valence-electron chi connectivity index (χ0n) is 22.2. The van der Waals surface area contributed by atoms with E-state index in [1.165, 1.54) is 0 Å². The molecule has 0 radical (unpaired) electrons. The van der Waals surface area contributed by atoms with E-state index in [1.807, 2.05) is 24.3 Å². The minimum Gasteiger partial charge on any atom is -0.490 e. The second-order valence-corrected chi connectivity index (χ2v) is 9.90. The average molecular weight is 511 g/mol. The first kappa shape index (κ1) is 28.7. The van der Waals surface area contributed by atoms with Crippen LogP contribution < -0.4 is 9.47 Å². The fourth-order valence-electron chi connectivity index (χ4n) is 4.68. The molecule has 0 bridgehead atoms. The number of hydrogen-bond acceptors (Lipinski definition) is 5. The van der Waals surface area contributed by atoms with Crippen molar-refractivity contribution in [2.75, 3.05) is 13.2 Å². The molecule has 0 saturated carbocycles. The van der Waals surface area contributed by atoms with E-state index in [-0.39, 0.29) is 18.8 Å². The lowest BCUT2D eigenvalue weighted by Gasteiger charge is -2.20. The van der Waals surface area contributed by atoms with E-state index in [0.717, 1.165) is 62.1 Å². The topological polar surface area (TPSA) is 96.2 Å². The van der Waals surface area contributed by atoms with Gasteiger partial charge in [-0.3, -0.25) is 0 Å². The highest BCUT2D eigenvalue weighted by Gasteiger charge is 2.19. The number of aromatic carboxylic acids is 1. The van der Waals surface area contributed by atoms with Crippen molar-refractivity contribution in [2.24, 2.45) is 0 Å². The summed E-state index contributed by atoms with van der Waals surface area (Å²) in [5, 5.41) is 33.6. The van der Waals surface area contributed by atoms with Crippen LogP contribution in [0.1, 0.15) is 88.4 Å². The van der Waals surface area contributed by atoms with Gasteiger partial charge in [0.05, 0.1) is 17.8 Å². The smallest absolute Gasteiger partial charge is 0.335 e. The third-order valence-electron chi connectivity index (χ3n) is 6.79. The molecule has 6 heteroatoms. The number of fused-ring (bicyclic) bond motifs is 2. The number of aliphatic hydroxyl groups is 2. The van der Waals surface area contributed by atoms with Crippen LogP contribution in [0.15, 0.2) is 42.5 Å². The summed E-state index contributed by atoms with van der Waals surface area (Å²) < 4.78 is 12.4. The number of carbonyl (C=O) groups is 1. The number of benzene rings is 3. The number of aliphatic hydroxyl groups excluding tert-OH is 2. The summed E-state index contributed by atoms with van der Waals surface area (Å²) in [5.41, 5.74) is 0.148. The number of carboxylic acids is 1. The van der Waals surface area contributed by atoms with E-state index in [1.54, 1.807) is 18.2 Å². The Hall–Kier alpha value is -2.83. The SMILES string of the molecule is CCCCCCC(O)COc1c2ccccc2c(OCC(O)CCCCCC)c2cc(C(=O)O)ccc12. The Morgan fingerprint density at radius 1 is 0.703 bits per heavy atom. The standard InChI is InChI=1S/C31H42O6/c1-3-5-7-9-13-23(32)20-36-29-25-15-11-12-16-26(25)30(37-21-24(33)14-10-8-6-4-2)28-19-22(31(34)35)17-18-27(28)29/h11-12,15-19,23-24,32-33H,3-10,13-14,20-21H2,1-2H3,(H,34,35). The fraction of sp³-hybridized carbons (Fsp3) is 0.516. The molecule has 3 N–H and O–H groups in total. The normalized spacial score (nSPS) is 13.1. The zero-order valence-corrected chi connectivity index (χ0v) is 22.2. The molecular formula is C31H42O6. The van der Waals surface area contributed by atoms with Crippen molar-refractivity contribution in [3.8, 4) is 11.5 Å². The molecule has 3 aromatic rings.